The van der Waals surface area contributed by atoms with Crippen molar-refractivity contribution in [3.8, 4) is 56.3 Å². The molecule has 1 N–H and O–H groups in total. The molecule has 0 aliphatic carbocycles. The SMILES string of the molecule is CC(C)(C)c1ccc(O)c(-c2nc3c(-c4cc(-c5ccccc5)cc(-c5ccccn5)c4)ccnc3n2-c2ccccc2)c1. The van der Waals surface area contributed by atoms with Crippen molar-refractivity contribution in [3.05, 3.63) is 139 Å². The van der Waals surface area contributed by atoms with Crippen molar-refractivity contribution in [1.29, 1.82) is 0 Å². The number of rotatable bonds is 5. The van der Waals surface area contributed by atoms with Gasteiger partial charge in [-0.1, -0.05) is 81.4 Å². The molecule has 0 fully saturated rings. The van der Waals surface area contributed by atoms with Gasteiger partial charge < -0.3 is 5.11 Å². The zero-order chi connectivity index (χ0) is 30.3. The summed E-state index contributed by atoms with van der Waals surface area (Å²) in [6.07, 6.45) is 3.66. The van der Waals surface area contributed by atoms with Crippen LogP contribution < -0.4 is 0 Å². The van der Waals surface area contributed by atoms with Gasteiger partial charge in [-0.15, -0.1) is 0 Å². The van der Waals surface area contributed by atoms with Gasteiger partial charge in [-0.05, 0) is 88.3 Å². The minimum absolute atomic E-state index is 0.102. The largest absolute Gasteiger partial charge is 0.507 e. The van der Waals surface area contributed by atoms with Crippen LogP contribution in [0.5, 0.6) is 5.75 Å². The second kappa shape index (κ2) is 10.9. The summed E-state index contributed by atoms with van der Waals surface area (Å²) < 4.78 is 2.04. The number of aromatic nitrogens is 4. The van der Waals surface area contributed by atoms with Gasteiger partial charge in [0.05, 0.1) is 11.3 Å². The van der Waals surface area contributed by atoms with E-state index in [0.29, 0.717) is 17.0 Å². The van der Waals surface area contributed by atoms with E-state index in [9.17, 15) is 5.11 Å². The molecular weight excluding hydrogens is 540 g/mol. The fourth-order valence-corrected chi connectivity index (χ4v) is 5.65. The lowest BCUT2D eigenvalue weighted by atomic mass is 9.86. The molecule has 214 valence electrons. The quantitative estimate of drug-likeness (QED) is 0.223. The highest BCUT2D eigenvalue weighted by Gasteiger charge is 2.23. The van der Waals surface area contributed by atoms with Crippen LogP contribution in [0.2, 0.25) is 0 Å². The van der Waals surface area contributed by atoms with Crippen molar-refractivity contribution in [1.82, 2.24) is 19.5 Å². The van der Waals surface area contributed by atoms with E-state index >= 15 is 0 Å². The zero-order valence-electron chi connectivity index (χ0n) is 24.9. The predicted molar refractivity (Wildman–Crippen MR) is 179 cm³/mol. The van der Waals surface area contributed by atoms with Crippen molar-refractivity contribution < 1.29 is 5.11 Å². The van der Waals surface area contributed by atoms with Crippen LogP contribution in [0.25, 0.3) is 61.8 Å². The van der Waals surface area contributed by atoms with E-state index in [1.807, 2.05) is 89.8 Å². The van der Waals surface area contributed by atoms with Crippen LogP contribution in [-0.2, 0) is 5.41 Å². The third kappa shape index (κ3) is 5.03. The maximum atomic E-state index is 11.2. The summed E-state index contributed by atoms with van der Waals surface area (Å²) in [6, 6.07) is 40.8. The summed E-state index contributed by atoms with van der Waals surface area (Å²) in [7, 11) is 0. The Balaban J connectivity index is 1.52. The van der Waals surface area contributed by atoms with Gasteiger partial charge in [0.15, 0.2) is 11.5 Å². The Hall–Kier alpha value is -5.55. The lowest BCUT2D eigenvalue weighted by Crippen LogP contribution is -2.11. The van der Waals surface area contributed by atoms with E-state index in [2.05, 4.69) is 68.2 Å². The summed E-state index contributed by atoms with van der Waals surface area (Å²) in [5, 5.41) is 11.2. The molecule has 0 atom stereocenters. The summed E-state index contributed by atoms with van der Waals surface area (Å²) >= 11 is 0. The maximum absolute atomic E-state index is 11.2. The first-order valence-electron chi connectivity index (χ1n) is 14.8. The molecule has 4 aromatic carbocycles. The molecule has 3 aromatic heterocycles. The van der Waals surface area contributed by atoms with Gasteiger partial charge in [-0.3, -0.25) is 9.55 Å². The molecule has 7 rings (SSSR count). The molecule has 0 unspecified atom stereocenters. The van der Waals surface area contributed by atoms with E-state index in [-0.39, 0.29) is 11.2 Å². The highest BCUT2D eigenvalue weighted by molar-refractivity contribution is 5.95. The number of imidazole rings is 1. The van der Waals surface area contributed by atoms with Crippen LogP contribution in [0.3, 0.4) is 0 Å². The van der Waals surface area contributed by atoms with Crippen molar-refractivity contribution >= 4 is 11.2 Å². The van der Waals surface area contributed by atoms with Gasteiger partial charge in [0.25, 0.3) is 0 Å². The molecule has 7 aromatic rings. The number of phenols is 1. The average molecular weight is 573 g/mol. The predicted octanol–water partition coefficient (Wildman–Crippen LogP) is 9.49. The Morgan fingerprint density at radius 1 is 0.591 bits per heavy atom. The lowest BCUT2D eigenvalue weighted by molar-refractivity contribution is 0.475. The van der Waals surface area contributed by atoms with Gasteiger partial charge in [0, 0.05) is 29.2 Å². The summed E-state index contributed by atoms with van der Waals surface area (Å²) in [6.45, 7) is 6.51. The number of fused-ring (bicyclic) bond motifs is 1. The lowest BCUT2D eigenvalue weighted by Gasteiger charge is -2.20. The number of nitrogens with zero attached hydrogens (tertiary/aromatic N) is 4. The third-order valence-corrected chi connectivity index (χ3v) is 7.98. The topological polar surface area (TPSA) is 63.8 Å². The Morgan fingerprint density at radius 2 is 1.30 bits per heavy atom. The smallest absolute Gasteiger partial charge is 0.165 e. The Kier molecular flexibility index (Phi) is 6.78. The number of pyridine rings is 2. The van der Waals surface area contributed by atoms with Crippen molar-refractivity contribution in [2.24, 2.45) is 0 Å². The fourth-order valence-electron chi connectivity index (χ4n) is 5.65. The Morgan fingerprint density at radius 3 is 2.02 bits per heavy atom. The van der Waals surface area contributed by atoms with Crippen molar-refractivity contribution in [3.63, 3.8) is 0 Å². The molecule has 3 heterocycles. The van der Waals surface area contributed by atoms with Crippen LogP contribution in [-0.4, -0.2) is 24.6 Å². The molecule has 0 saturated carbocycles. The van der Waals surface area contributed by atoms with E-state index < -0.39 is 0 Å². The maximum Gasteiger partial charge on any atom is 0.165 e. The Bertz CT molecular complexity index is 2040. The molecular formula is C39H32N4O. The van der Waals surface area contributed by atoms with Gasteiger partial charge >= 0.3 is 0 Å². The number of aromatic hydroxyl groups is 1. The molecule has 0 amide bonds. The molecule has 0 spiro atoms. The molecule has 0 radical (unpaired) electrons. The van der Waals surface area contributed by atoms with Crippen LogP contribution in [0.15, 0.2) is 134 Å². The van der Waals surface area contributed by atoms with Gasteiger partial charge in [0.2, 0.25) is 0 Å². The molecule has 0 aliphatic rings. The van der Waals surface area contributed by atoms with E-state index in [4.69, 9.17) is 9.97 Å². The number of hydrogen-bond donors (Lipinski definition) is 1. The monoisotopic (exact) mass is 572 g/mol. The molecule has 44 heavy (non-hydrogen) atoms. The van der Waals surface area contributed by atoms with Gasteiger partial charge in [0.1, 0.15) is 11.3 Å². The summed E-state index contributed by atoms with van der Waals surface area (Å²) in [4.78, 5) is 14.8. The molecule has 5 nitrogen and oxygen atoms in total. The normalized spacial score (nSPS) is 11.6. The highest BCUT2D eigenvalue weighted by atomic mass is 16.3. The second-order valence-electron chi connectivity index (χ2n) is 12.0. The van der Waals surface area contributed by atoms with Crippen LogP contribution in [0.1, 0.15) is 26.3 Å². The van der Waals surface area contributed by atoms with E-state index in [1.165, 1.54) is 0 Å². The molecule has 0 aliphatic heterocycles. The number of para-hydroxylation sites is 1. The number of hydrogen-bond acceptors (Lipinski definition) is 4. The molecule has 0 saturated heterocycles. The third-order valence-electron chi connectivity index (χ3n) is 7.98. The van der Waals surface area contributed by atoms with Crippen molar-refractivity contribution in [2.45, 2.75) is 26.2 Å². The fraction of sp³-hybridized carbons (Fsp3) is 0.103. The number of benzene rings is 4. The second-order valence-corrected chi connectivity index (χ2v) is 12.0. The molecule has 0 bridgehead atoms. The molecule has 5 heteroatoms. The minimum atomic E-state index is -0.102. The first-order chi connectivity index (χ1) is 21.4. The summed E-state index contributed by atoms with van der Waals surface area (Å²) in [5.74, 6) is 0.814. The number of phenolic OH excluding ortho intramolecular Hbond substituents is 1. The standard InChI is InChI=1S/C39H32N4O/c1-39(2,3)30-17-18-35(44)33(25-30)37-42-36-32(19-21-41-38(36)43(37)31-14-8-5-9-15-31)28-22-27(26-12-6-4-7-13-26)23-29(24-28)34-16-10-11-20-40-34/h4-25,44H,1-3H3. The first-order valence-corrected chi connectivity index (χ1v) is 14.8. The van der Waals surface area contributed by atoms with Crippen LogP contribution in [0, 0.1) is 0 Å². The van der Waals surface area contributed by atoms with Crippen LogP contribution in [0.4, 0.5) is 0 Å². The van der Waals surface area contributed by atoms with Gasteiger partial charge in [-0.2, -0.15) is 0 Å². The zero-order valence-corrected chi connectivity index (χ0v) is 24.9. The van der Waals surface area contributed by atoms with E-state index in [1.54, 1.807) is 6.07 Å². The first kappa shape index (κ1) is 27.3. The van der Waals surface area contributed by atoms with Crippen molar-refractivity contribution in [2.75, 3.05) is 0 Å². The minimum Gasteiger partial charge on any atom is -0.507 e. The van der Waals surface area contributed by atoms with Crippen LogP contribution >= 0.6 is 0 Å². The highest BCUT2D eigenvalue weighted by Crippen LogP contribution is 2.40. The average Bonchev–Trinajstić information content (AvgIpc) is 3.45. The van der Waals surface area contributed by atoms with E-state index in [0.717, 1.165) is 50.3 Å². The summed E-state index contributed by atoms with van der Waals surface area (Å²) in [5.41, 5.74) is 10.2. The Labute approximate surface area is 257 Å². The van der Waals surface area contributed by atoms with Gasteiger partial charge in [-0.25, -0.2) is 9.97 Å².